The van der Waals surface area contributed by atoms with Gasteiger partial charge in [-0.05, 0) is 43.4 Å². The number of benzene rings is 1. The first kappa shape index (κ1) is 15.3. The molecule has 0 fully saturated rings. The molecule has 1 heterocycles. The summed E-state index contributed by atoms with van der Waals surface area (Å²) in [5, 5.41) is 3.29. The Morgan fingerprint density at radius 2 is 2.00 bits per heavy atom. The number of anilines is 1. The third-order valence-electron chi connectivity index (χ3n) is 4.17. The number of nitrogens with zero attached hydrogens (tertiary/aromatic N) is 1. The fourth-order valence-electron chi connectivity index (χ4n) is 2.87. The Kier molecular flexibility index (Phi) is 4.70. The van der Waals surface area contributed by atoms with Gasteiger partial charge in [-0.2, -0.15) is 4.31 Å². The molecule has 4 nitrogen and oxygen atoms in total. The standard InChI is InChI=1S/C15H24N2O2S/c1-4-12(5-2)17(3)20(18,19)15-10-6-9-14-13(15)8-7-11-16-14/h6,9-10,12,16H,4-5,7-8,11H2,1-3H3. The summed E-state index contributed by atoms with van der Waals surface area (Å²) in [6.07, 6.45) is 3.47. The Morgan fingerprint density at radius 1 is 1.30 bits per heavy atom. The SMILES string of the molecule is CCC(CC)N(C)S(=O)(=O)c1cccc2c1CCCN2. The zero-order valence-electron chi connectivity index (χ0n) is 12.5. The molecule has 0 spiro atoms. The maximum absolute atomic E-state index is 12.9. The Bertz CT molecular complexity index is 565. The van der Waals surface area contributed by atoms with Gasteiger partial charge < -0.3 is 5.32 Å². The Hall–Kier alpha value is -1.07. The molecule has 1 aromatic carbocycles. The lowest BCUT2D eigenvalue weighted by Crippen LogP contribution is -2.37. The summed E-state index contributed by atoms with van der Waals surface area (Å²) in [6, 6.07) is 5.59. The lowest BCUT2D eigenvalue weighted by molar-refractivity contribution is 0.349. The van der Waals surface area contributed by atoms with Crippen LogP contribution in [-0.4, -0.2) is 32.4 Å². The van der Waals surface area contributed by atoms with Crippen LogP contribution < -0.4 is 5.32 Å². The summed E-state index contributed by atoms with van der Waals surface area (Å²) >= 11 is 0. The van der Waals surface area contributed by atoms with Gasteiger partial charge in [-0.25, -0.2) is 8.42 Å². The molecule has 5 heteroatoms. The zero-order valence-corrected chi connectivity index (χ0v) is 13.3. The van der Waals surface area contributed by atoms with E-state index in [1.807, 2.05) is 26.0 Å². The van der Waals surface area contributed by atoms with Gasteiger partial charge in [-0.3, -0.25) is 0 Å². The molecule has 0 bridgehead atoms. The van der Waals surface area contributed by atoms with Crippen LogP contribution in [0, 0.1) is 0 Å². The van der Waals surface area contributed by atoms with Gasteiger partial charge in [-0.15, -0.1) is 0 Å². The van der Waals surface area contributed by atoms with Gasteiger partial charge in [0.2, 0.25) is 10.0 Å². The van der Waals surface area contributed by atoms with Gasteiger partial charge in [0.1, 0.15) is 0 Å². The third-order valence-corrected chi connectivity index (χ3v) is 6.16. The van der Waals surface area contributed by atoms with E-state index in [0.29, 0.717) is 4.90 Å². The second-order valence-electron chi connectivity index (χ2n) is 5.30. The monoisotopic (exact) mass is 296 g/mol. The van der Waals surface area contributed by atoms with Gasteiger partial charge in [-0.1, -0.05) is 19.9 Å². The summed E-state index contributed by atoms with van der Waals surface area (Å²) in [5.41, 5.74) is 1.91. The molecule has 1 aliphatic heterocycles. The number of hydrogen-bond acceptors (Lipinski definition) is 3. The van der Waals surface area contributed by atoms with Crippen molar-refractivity contribution in [3.63, 3.8) is 0 Å². The van der Waals surface area contributed by atoms with Gasteiger partial charge in [0.05, 0.1) is 4.90 Å². The molecule has 0 atom stereocenters. The first-order valence-corrected chi connectivity index (χ1v) is 8.80. The van der Waals surface area contributed by atoms with Crippen molar-refractivity contribution in [2.75, 3.05) is 18.9 Å². The van der Waals surface area contributed by atoms with Crippen molar-refractivity contribution < 1.29 is 8.42 Å². The largest absolute Gasteiger partial charge is 0.385 e. The molecule has 0 amide bonds. The minimum atomic E-state index is -3.41. The summed E-state index contributed by atoms with van der Waals surface area (Å²) in [5.74, 6) is 0. The predicted molar refractivity (Wildman–Crippen MR) is 82.6 cm³/mol. The topological polar surface area (TPSA) is 49.4 Å². The number of fused-ring (bicyclic) bond motifs is 1. The molecule has 1 aromatic rings. The highest BCUT2D eigenvalue weighted by Gasteiger charge is 2.29. The highest BCUT2D eigenvalue weighted by atomic mass is 32.2. The summed E-state index contributed by atoms with van der Waals surface area (Å²) in [6.45, 7) is 4.98. The summed E-state index contributed by atoms with van der Waals surface area (Å²) in [7, 11) is -1.71. The molecular weight excluding hydrogens is 272 g/mol. The van der Waals surface area contributed by atoms with E-state index in [0.717, 1.165) is 43.5 Å². The van der Waals surface area contributed by atoms with Gasteiger partial charge in [0.25, 0.3) is 0 Å². The molecule has 0 saturated heterocycles. The molecule has 0 aliphatic carbocycles. The maximum atomic E-state index is 12.9. The van der Waals surface area contributed by atoms with E-state index in [1.54, 1.807) is 13.1 Å². The van der Waals surface area contributed by atoms with Crippen LogP contribution in [0.5, 0.6) is 0 Å². The van der Waals surface area contributed by atoms with Crippen molar-refractivity contribution in [3.8, 4) is 0 Å². The van der Waals surface area contributed by atoms with E-state index in [2.05, 4.69) is 5.32 Å². The first-order chi connectivity index (χ1) is 9.52. The van der Waals surface area contributed by atoms with Gasteiger partial charge in [0, 0.05) is 25.3 Å². The van der Waals surface area contributed by atoms with E-state index in [9.17, 15) is 8.42 Å². The van der Waals surface area contributed by atoms with E-state index < -0.39 is 10.0 Å². The van der Waals surface area contributed by atoms with Crippen LogP contribution in [-0.2, 0) is 16.4 Å². The molecule has 2 rings (SSSR count). The van der Waals surface area contributed by atoms with Crippen molar-refractivity contribution in [1.82, 2.24) is 4.31 Å². The number of rotatable bonds is 5. The van der Waals surface area contributed by atoms with Gasteiger partial charge in [0.15, 0.2) is 0 Å². The van der Waals surface area contributed by atoms with E-state index in [-0.39, 0.29) is 6.04 Å². The molecule has 0 saturated carbocycles. The lowest BCUT2D eigenvalue weighted by Gasteiger charge is -2.28. The van der Waals surface area contributed by atoms with E-state index >= 15 is 0 Å². The van der Waals surface area contributed by atoms with Crippen molar-refractivity contribution in [1.29, 1.82) is 0 Å². The van der Waals surface area contributed by atoms with Crippen molar-refractivity contribution >= 4 is 15.7 Å². The van der Waals surface area contributed by atoms with Crippen LogP contribution in [0.1, 0.15) is 38.7 Å². The molecule has 0 radical (unpaired) electrons. The lowest BCUT2D eigenvalue weighted by atomic mass is 10.0. The van der Waals surface area contributed by atoms with Crippen molar-refractivity contribution in [2.24, 2.45) is 0 Å². The zero-order chi connectivity index (χ0) is 14.8. The molecule has 112 valence electrons. The molecule has 1 aliphatic rings. The predicted octanol–water partition coefficient (Wildman–Crippen LogP) is 2.85. The second-order valence-corrected chi connectivity index (χ2v) is 7.27. The van der Waals surface area contributed by atoms with E-state index in [1.165, 1.54) is 4.31 Å². The average molecular weight is 296 g/mol. The van der Waals surface area contributed by atoms with Crippen LogP contribution in [0.3, 0.4) is 0 Å². The van der Waals surface area contributed by atoms with Gasteiger partial charge >= 0.3 is 0 Å². The average Bonchev–Trinajstić information content (AvgIpc) is 2.47. The highest BCUT2D eigenvalue weighted by Crippen LogP contribution is 2.31. The second kappa shape index (κ2) is 6.14. The van der Waals surface area contributed by atoms with Crippen LogP contribution in [0.15, 0.2) is 23.1 Å². The van der Waals surface area contributed by atoms with Crippen LogP contribution in [0.4, 0.5) is 5.69 Å². The molecule has 1 N–H and O–H groups in total. The van der Waals surface area contributed by atoms with Crippen molar-refractivity contribution in [3.05, 3.63) is 23.8 Å². The number of sulfonamides is 1. The quantitative estimate of drug-likeness (QED) is 0.909. The maximum Gasteiger partial charge on any atom is 0.243 e. The Morgan fingerprint density at radius 3 is 2.65 bits per heavy atom. The highest BCUT2D eigenvalue weighted by molar-refractivity contribution is 7.89. The van der Waals surface area contributed by atoms with Crippen molar-refractivity contribution in [2.45, 2.75) is 50.5 Å². The first-order valence-electron chi connectivity index (χ1n) is 7.36. The summed E-state index contributed by atoms with van der Waals surface area (Å²) < 4.78 is 27.3. The Balaban J connectivity index is 2.44. The smallest absolute Gasteiger partial charge is 0.243 e. The minimum Gasteiger partial charge on any atom is -0.385 e. The molecular formula is C15H24N2O2S. The third kappa shape index (κ3) is 2.69. The van der Waals surface area contributed by atoms with Crippen LogP contribution >= 0.6 is 0 Å². The van der Waals surface area contributed by atoms with E-state index in [4.69, 9.17) is 0 Å². The molecule has 0 unspecified atom stereocenters. The minimum absolute atomic E-state index is 0.0624. The normalized spacial score (nSPS) is 15.2. The Labute approximate surface area is 122 Å². The summed E-state index contributed by atoms with van der Waals surface area (Å²) in [4.78, 5) is 0.469. The number of hydrogen-bond donors (Lipinski definition) is 1. The molecule has 0 aromatic heterocycles. The fourth-order valence-corrected chi connectivity index (χ4v) is 4.65. The molecule has 20 heavy (non-hydrogen) atoms. The van der Waals surface area contributed by atoms with Crippen LogP contribution in [0.25, 0.3) is 0 Å². The number of nitrogens with one attached hydrogen (secondary N) is 1. The van der Waals surface area contributed by atoms with Crippen LogP contribution in [0.2, 0.25) is 0 Å². The fraction of sp³-hybridized carbons (Fsp3) is 0.600.